The van der Waals surface area contributed by atoms with Crippen LogP contribution in [0, 0.1) is 11.8 Å². The Balaban J connectivity index is 2.13. The lowest BCUT2D eigenvalue weighted by molar-refractivity contribution is -0.141. The van der Waals surface area contributed by atoms with Crippen LogP contribution in [0.4, 0.5) is 0 Å². The van der Waals surface area contributed by atoms with E-state index in [-0.39, 0.29) is 50.5 Å². The first-order chi connectivity index (χ1) is 29.2. The molecule has 2 aromatic rings. The van der Waals surface area contributed by atoms with Gasteiger partial charge < -0.3 is 42.1 Å². The summed E-state index contributed by atoms with van der Waals surface area (Å²) in [6, 6.07) is 11.6. The van der Waals surface area contributed by atoms with E-state index in [1.807, 2.05) is 26.0 Å². The van der Waals surface area contributed by atoms with Crippen LogP contribution in [0.2, 0.25) is 0 Å². The van der Waals surface area contributed by atoms with Gasteiger partial charge >= 0.3 is 0 Å². The Morgan fingerprint density at radius 3 is 1.71 bits per heavy atom. The lowest BCUT2D eigenvalue weighted by Crippen LogP contribution is -2.59. The molecule has 0 aliphatic rings. The summed E-state index contributed by atoms with van der Waals surface area (Å²) in [7, 11) is 1.44. The maximum absolute atomic E-state index is 13.6. The van der Waals surface area contributed by atoms with E-state index in [0.29, 0.717) is 0 Å². The van der Waals surface area contributed by atoms with E-state index < -0.39 is 95.2 Å². The number of hydrogen-bond donors (Lipinski definition) is 8. The predicted octanol–water partition coefficient (Wildman–Crippen LogP) is 0.954. The van der Waals surface area contributed by atoms with Gasteiger partial charge in [-0.1, -0.05) is 95.3 Å². The molecule has 17 nitrogen and oxygen atoms in total. The van der Waals surface area contributed by atoms with Crippen LogP contribution in [-0.2, 0) is 56.0 Å². The molecule has 62 heavy (non-hydrogen) atoms. The summed E-state index contributed by atoms with van der Waals surface area (Å²) in [6.07, 6.45) is 0.597. The monoisotopic (exact) mass is 880 g/mol. The molecule has 0 aliphatic heterocycles. The molecule has 0 spiro atoms. The van der Waals surface area contributed by atoms with E-state index >= 15 is 0 Å². The Hall–Kier alpha value is -5.78. The second kappa shape index (κ2) is 26.5. The van der Waals surface area contributed by atoms with Crippen LogP contribution >= 0.6 is 12.6 Å². The van der Waals surface area contributed by atoms with Crippen LogP contribution in [-0.4, -0.2) is 114 Å². The molecule has 0 heterocycles. The minimum Gasteiger partial charge on any atom is -0.354 e. The van der Waals surface area contributed by atoms with E-state index in [4.69, 9.17) is 0 Å². The van der Waals surface area contributed by atoms with Gasteiger partial charge in [-0.2, -0.15) is 0 Å². The van der Waals surface area contributed by atoms with E-state index in [0.717, 1.165) is 11.1 Å². The van der Waals surface area contributed by atoms with Gasteiger partial charge in [0.05, 0.1) is 6.54 Å². The van der Waals surface area contributed by atoms with Crippen molar-refractivity contribution in [2.75, 3.05) is 20.1 Å². The molecule has 2 rings (SSSR count). The summed E-state index contributed by atoms with van der Waals surface area (Å²) in [5.41, 5.74) is 1.52. The number of likely N-dealkylation sites (N-methyl/N-ethyl adjacent to an activating group) is 1. The predicted molar refractivity (Wildman–Crippen MR) is 237 cm³/mol. The molecule has 2 aromatic carbocycles. The molecule has 0 saturated carbocycles. The van der Waals surface area contributed by atoms with Gasteiger partial charge in [0.25, 0.3) is 0 Å². The molecule has 340 valence electrons. The third-order valence-electron chi connectivity index (χ3n) is 9.79. The normalized spacial score (nSPS) is 13.9. The van der Waals surface area contributed by atoms with Crippen molar-refractivity contribution in [1.29, 1.82) is 0 Å². The first-order valence-electron chi connectivity index (χ1n) is 20.8. The van der Waals surface area contributed by atoms with E-state index in [1.54, 1.807) is 69.3 Å². The molecule has 8 amide bonds. The number of thiol groups is 1. The largest absolute Gasteiger partial charge is 0.354 e. The molecule has 0 aliphatic carbocycles. The number of carbonyl (C=O) groups excluding carboxylic acids is 9. The highest BCUT2D eigenvalue weighted by Crippen LogP contribution is 2.12. The van der Waals surface area contributed by atoms with Crippen LogP contribution in [0.3, 0.4) is 0 Å². The van der Waals surface area contributed by atoms with Gasteiger partial charge in [0, 0.05) is 39.3 Å². The molecule has 0 bridgehead atoms. The van der Waals surface area contributed by atoms with Gasteiger partial charge in [0.15, 0.2) is 5.12 Å². The third-order valence-corrected chi connectivity index (χ3v) is 10.0. The van der Waals surface area contributed by atoms with Crippen LogP contribution < -0.4 is 37.2 Å². The Labute approximate surface area is 369 Å². The Bertz CT molecular complexity index is 1850. The fourth-order valence-corrected chi connectivity index (χ4v) is 6.38. The fraction of sp³-hybridized carbons (Fsp3) is 0.523. The molecule has 18 heteroatoms. The zero-order valence-electron chi connectivity index (χ0n) is 36.9. The Morgan fingerprint density at radius 1 is 0.597 bits per heavy atom. The molecule has 7 N–H and O–H groups in total. The summed E-state index contributed by atoms with van der Waals surface area (Å²) >= 11 is 3.73. The number of hydrogen-bond acceptors (Lipinski definition) is 9. The van der Waals surface area contributed by atoms with Crippen molar-refractivity contribution in [3.8, 4) is 0 Å². The van der Waals surface area contributed by atoms with Gasteiger partial charge in [0.2, 0.25) is 47.3 Å². The van der Waals surface area contributed by atoms with Gasteiger partial charge in [-0.05, 0) is 43.2 Å². The summed E-state index contributed by atoms with van der Waals surface area (Å²) in [4.78, 5) is 118. The first kappa shape index (κ1) is 52.4. The maximum atomic E-state index is 13.6. The molecule has 0 radical (unpaired) electrons. The summed E-state index contributed by atoms with van der Waals surface area (Å²) in [5, 5.41) is 18.0. The quantitative estimate of drug-likeness (QED) is 0.0662. The molecule has 0 aromatic heterocycles. The zero-order valence-corrected chi connectivity index (χ0v) is 37.8. The fourth-order valence-electron chi connectivity index (χ4n) is 6.27. The lowest BCUT2D eigenvalue weighted by Gasteiger charge is -2.30. The number of carbonyl (C=O) groups is 9. The zero-order chi connectivity index (χ0) is 46.5. The summed E-state index contributed by atoms with van der Waals surface area (Å²) in [5.74, 6) is -5.23. The first-order valence-corrected chi connectivity index (χ1v) is 21.3. The van der Waals surface area contributed by atoms with Gasteiger partial charge in [-0.25, -0.2) is 0 Å². The van der Waals surface area contributed by atoms with Crippen molar-refractivity contribution < 1.29 is 43.2 Å². The van der Waals surface area contributed by atoms with Crippen LogP contribution in [0.25, 0.3) is 0 Å². The highest BCUT2D eigenvalue weighted by atomic mass is 32.1. The molecular weight excluding hydrogens is 817 g/mol. The number of benzene rings is 2. The van der Waals surface area contributed by atoms with Crippen LogP contribution in [0.15, 0.2) is 60.7 Å². The van der Waals surface area contributed by atoms with Crippen molar-refractivity contribution in [3.05, 3.63) is 71.8 Å². The van der Waals surface area contributed by atoms with Crippen molar-refractivity contribution in [3.63, 3.8) is 0 Å². The van der Waals surface area contributed by atoms with E-state index in [1.165, 1.54) is 25.8 Å². The highest BCUT2D eigenvalue weighted by Gasteiger charge is 2.33. The number of rotatable bonds is 25. The Kier molecular flexibility index (Phi) is 22.4. The summed E-state index contributed by atoms with van der Waals surface area (Å²) < 4.78 is 0. The maximum Gasteiger partial charge on any atom is 0.245 e. The lowest BCUT2D eigenvalue weighted by atomic mass is 10.0. The van der Waals surface area contributed by atoms with Crippen LogP contribution in [0.1, 0.15) is 78.9 Å². The minimum absolute atomic E-state index is 0.00740. The average Bonchev–Trinajstić information content (AvgIpc) is 3.22. The van der Waals surface area contributed by atoms with E-state index in [2.05, 4.69) is 49.8 Å². The van der Waals surface area contributed by atoms with Crippen molar-refractivity contribution >= 4 is 65.0 Å². The van der Waals surface area contributed by atoms with Crippen molar-refractivity contribution in [2.45, 2.75) is 117 Å². The van der Waals surface area contributed by atoms with E-state index in [9.17, 15) is 43.2 Å². The molecule has 0 fully saturated rings. The summed E-state index contributed by atoms with van der Waals surface area (Å²) in [6.45, 7) is 11.2. The van der Waals surface area contributed by atoms with Gasteiger partial charge in [-0.3, -0.25) is 43.2 Å². The van der Waals surface area contributed by atoms with Gasteiger partial charge in [-0.15, -0.1) is 12.6 Å². The second-order valence-electron chi connectivity index (χ2n) is 15.9. The third kappa shape index (κ3) is 18.5. The average molecular weight is 881 g/mol. The molecular formula is C44H64N8O9S. The highest BCUT2D eigenvalue weighted by molar-refractivity contribution is 7.96. The number of nitrogens with zero attached hydrogens (tertiary/aromatic N) is 1. The minimum atomic E-state index is -1.17. The topological polar surface area (TPSA) is 241 Å². The molecule has 0 saturated heterocycles. The molecule has 6 atom stereocenters. The Morgan fingerprint density at radius 2 is 1.18 bits per heavy atom. The smallest absolute Gasteiger partial charge is 0.245 e. The second-order valence-corrected chi connectivity index (χ2v) is 16.4. The standard InChI is InChI=1S/C44H64N8O9S/c1-9-35(53)47-29(7)44(61)52(8)34(24-31-18-14-11-15-19-31)42(59)46-25-36(54)49-32(22-26(2)3)41(58)48-28(6)39(56)51-38(27(4)5)43(60)50-33(23-30-16-12-10-13-17-30)40(57)45-21-20-37(55)62/h10-19,26-29,32-34,38H,9,20-25H2,1-8H3,(H,45,57)(H,46,59)(H,47,53)(H,48,58)(H,49,54)(H,50,60)(H,51,56)(H,55,62). The number of nitrogens with one attached hydrogen (secondary N) is 7. The van der Waals surface area contributed by atoms with Gasteiger partial charge in [0.1, 0.15) is 36.3 Å². The van der Waals surface area contributed by atoms with Crippen LogP contribution in [0.5, 0.6) is 0 Å². The number of amides is 8. The SMILES string of the molecule is CCC(=O)NC(C)C(=O)N(C)C(Cc1ccccc1)C(=O)NCC(=O)NC(CC(C)C)C(=O)NC(C)C(=O)NC(C(=O)NC(Cc1ccccc1)C(=O)NCCC(=O)S)C(C)C. The molecule has 6 unspecified atom stereocenters. The van der Waals surface area contributed by atoms with Crippen molar-refractivity contribution in [1.82, 2.24) is 42.1 Å². The van der Waals surface area contributed by atoms with Crippen molar-refractivity contribution in [2.24, 2.45) is 11.8 Å².